The van der Waals surface area contributed by atoms with Gasteiger partial charge in [-0.3, -0.25) is 0 Å². The Balaban J connectivity index is 1.58. The van der Waals surface area contributed by atoms with Crippen molar-refractivity contribution in [3.63, 3.8) is 0 Å². The van der Waals surface area contributed by atoms with Crippen molar-refractivity contribution in [1.82, 2.24) is 9.80 Å². The van der Waals surface area contributed by atoms with E-state index in [0.29, 0.717) is 19.3 Å². The zero-order valence-electron chi connectivity index (χ0n) is 12.5. The molecule has 114 valence electrons. The number of urea groups is 1. The highest BCUT2D eigenvalue weighted by atomic mass is 16.7. The van der Waals surface area contributed by atoms with E-state index in [9.17, 15) is 4.79 Å². The Kier molecular flexibility index (Phi) is 4.17. The van der Waals surface area contributed by atoms with Crippen LogP contribution in [0, 0.1) is 0 Å². The molecule has 3 aliphatic rings. The van der Waals surface area contributed by atoms with Crippen LogP contribution in [0.15, 0.2) is 0 Å². The van der Waals surface area contributed by atoms with Gasteiger partial charge in [-0.05, 0) is 25.7 Å². The predicted molar refractivity (Wildman–Crippen MR) is 75.5 cm³/mol. The Morgan fingerprint density at radius 3 is 2.50 bits per heavy atom. The molecule has 0 saturated carbocycles. The Labute approximate surface area is 121 Å². The van der Waals surface area contributed by atoms with Crippen LogP contribution in [0.4, 0.5) is 4.79 Å². The molecule has 2 amide bonds. The molecule has 0 aromatic heterocycles. The van der Waals surface area contributed by atoms with Crippen LogP contribution in [0.1, 0.15) is 45.4 Å². The fraction of sp³-hybridized carbons (Fsp3) is 0.933. The predicted octanol–water partition coefficient (Wildman–Crippen LogP) is 2.21. The molecule has 3 fully saturated rings. The third kappa shape index (κ3) is 2.66. The third-order valence-electron chi connectivity index (χ3n) is 4.95. The van der Waals surface area contributed by atoms with Gasteiger partial charge < -0.3 is 19.3 Å². The molecule has 5 nitrogen and oxygen atoms in total. The van der Waals surface area contributed by atoms with Crippen molar-refractivity contribution in [2.45, 2.75) is 57.3 Å². The first-order chi connectivity index (χ1) is 9.74. The zero-order valence-corrected chi connectivity index (χ0v) is 12.5. The molecule has 1 atom stereocenters. The van der Waals surface area contributed by atoms with E-state index in [-0.39, 0.29) is 11.8 Å². The van der Waals surface area contributed by atoms with E-state index in [2.05, 4.69) is 11.8 Å². The molecule has 3 aliphatic heterocycles. The molecule has 1 unspecified atom stereocenters. The van der Waals surface area contributed by atoms with Crippen LogP contribution < -0.4 is 0 Å². The minimum absolute atomic E-state index is 0.226. The highest BCUT2D eigenvalue weighted by Gasteiger charge is 2.42. The van der Waals surface area contributed by atoms with Crippen molar-refractivity contribution in [1.29, 1.82) is 0 Å². The summed E-state index contributed by atoms with van der Waals surface area (Å²) in [4.78, 5) is 16.8. The lowest BCUT2D eigenvalue weighted by Crippen LogP contribution is -2.54. The molecule has 1 spiro atoms. The summed E-state index contributed by atoms with van der Waals surface area (Å²) in [5.41, 5.74) is 0. The van der Waals surface area contributed by atoms with Crippen LogP contribution in [0.3, 0.4) is 0 Å². The summed E-state index contributed by atoms with van der Waals surface area (Å²) in [6, 6.07) is 0.663. The molecule has 0 aromatic carbocycles. The number of rotatable bonds is 1. The van der Waals surface area contributed by atoms with E-state index in [1.54, 1.807) is 0 Å². The third-order valence-corrected chi connectivity index (χ3v) is 4.95. The first-order valence-corrected chi connectivity index (χ1v) is 8.07. The Bertz CT molecular complexity index is 345. The van der Waals surface area contributed by atoms with E-state index in [4.69, 9.17) is 9.47 Å². The number of hydrogen-bond donors (Lipinski definition) is 0. The largest absolute Gasteiger partial charge is 0.347 e. The van der Waals surface area contributed by atoms with Gasteiger partial charge in [0.2, 0.25) is 0 Å². The molecule has 3 heterocycles. The molecule has 0 aliphatic carbocycles. The topological polar surface area (TPSA) is 42.0 Å². The minimum atomic E-state index is -0.386. The average Bonchev–Trinajstić information content (AvgIpc) is 2.95. The van der Waals surface area contributed by atoms with Crippen LogP contribution in [0.25, 0.3) is 0 Å². The number of carbonyl (C=O) groups is 1. The van der Waals surface area contributed by atoms with Gasteiger partial charge in [0.1, 0.15) is 0 Å². The number of amides is 2. The van der Waals surface area contributed by atoms with Gasteiger partial charge in [-0.25, -0.2) is 4.79 Å². The van der Waals surface area contributed by atoms with Gasteiger partial charge in [0.15, 0.2) is 5.79 Å². The summed E-state index contributed by atoms with van der Waals surface area (Å²) in [6.45, 7) is 6.00. The summed E-state index contributed by atoms with van der Waals surface area (Å²) in [5, 5.41) is 0. The van der Waals surface area contributed by atoms with Gasteiger partial charge in [0, 0.05) is 38.5 Å². The summed E-state index contributed by atoms with van der Waals surface area (Å²) in [7, 11) is 0. The second-order valence-electron chi connectivity index (χ2n) is 6.13. The van der Waals surface area contributed by atoms with Crippen LogP contribution in [0.2, 0.25) is 0 Å². The van der Waals surface area contributed by atoms with Crippen molar-refractivity contribution in [3.05, 3.63) is 0 Å². The fourth-order valence-electron chi connectivity index (χ4n) is 3.68. The number of piperidine rings is 2. The monoisotopic (exact) mass is 282 g/mol. The molecule has 20 heavy (non-hydrogen) atoms. The Morgan fingerprint density at radius 1 is 1.15 bits per heavy atom. The SMILES string of the molecule is CCC1CCCCN1C(=O)N1CCC2(CC1)OCCO2. The van der Waals surface area contributed by atoms with E-state index in [0.717, 1.165) is 51.7 Å². The second kappa shape index (κ2) is 5.90. The lowest BCUT2D eigenvalue weighted by atomic mass is 10.00. The van der Waals surface area contributed by atoms with Crippen molar-refractivity contribution in [2.24, 2.45) is 0 Å². The number of nitrogens with zero attached hydrogens (tertiary/aromatic N) is 2. The lowest BCUT2D eigenvalue weighted by Gasteiger charge is -2.42. The Hall–Kier alpha value is -0.810. The summed E-state index contributed by atoms with van der Waals surface area (Å²) in [6.07, 6.45) is 6.24. The number of likely N-dealkylation sites (tertiary alicyclic amines) is 2. The molecule has 0 bridgehead atoms. The average molecular weight is 282 g/mol. The molecular formula is C15H26N2O3. The first kappa shape index (κ1) is 14.1. The standard InChI is InChI=1S/C15H26N2O3/c1-2-13-5-3-4-8-17(13)14(18)16-9-6-15(7-10-16)19-11-12-20-15/h13H,2-12H2,1H3. The van der Waals surface area contributed by atoms with Crippen molar-refractivity contribution >= 4 is 6.03 Å². The van der Waals surface area contributed by atoms with Gasteiger partial charge in [-0.2, -0.15) is 0 Å². The number of hydrogen-bond acceptors (Lipinski definition) is 3. The second-order valence-corrected chi connectivity index (χ2v) is 6.13. The molecule has 3 rings (SSSR count). The minimum Gasteiger partial charge on any atom is -0.347 e. The van der Waals surface area contributed by atoms with E-state index < -0.39 is 0 Å². The number of ether oxygens (including phenoxy) is 2. The molecule has 3 saturated heterocycles. The van der Waals surface area contributed by atoms with Crippen LogP contribution in [-0.2, 0) is 9.47 Å². The van der Waals surface area contributed by atoms with Gasteiger partial charge in [-0.1, -0.05) is 6.92 Å². The first-order valence-electron chi connectivity index (χ1n) is 8.07. The summed E-state index contributed by atoms with van der Waals surface area (Å²) in [5.74, 6) is -0.386. The van der Waals surface area contributed by atoms with Crippen molar-refractivity contribution in [2.75, 3.05) is 32.8 Å². The van der Waals surface area contributed by atoms with Crippen molar-refractivity contribution < 1.29 is 14.3 Å². The molecule has 5 heteroatoms. The van der Waals surface area contributed by atoms with Crippen LogP contribution in [0.5, 0.6) is 0 Å². The Morgan fingerprint density at radius 2 is 1.85 bits per heavy atom. The smallest absolute Gasteiger partial charge is 0.320 e. The van der Waals surface area contributed by atoms with Crippen LogP contribution >= 0.6 is 0 Å². The highest BCUT2D eigenvalue weighted by molar-refractivity contribution is 5.75. The summed E-state index contributed by atoms with van der Waals surface area (Å²) >= 11 is 0. The van der Waals surface area contributed by atoms with E-state index in [1.165, 1.54) is 6.42 Å². The summed E-state index contributed by atoms with van der Waals surface area (Å²) < 4.78 is 11.4. The number of carbonyl (C=O) groups excluding carboxylic acids is 1. The molecule has 0 radical (unpaired) electrons. The lowest BCUT2D eigenvalue weighted by molar-refractivity contribution is -0.182. The maximum Gasteiger partial charge on any atom is 0.320 e. The fourth-order valence-corrected chi connectivity index (χ4v) is 3.68. The van der Waals surface area contributed by atoms with Crippen LogP contribution in [-0.4, -0.2) is 60.5 Å². The highest BCUT2D eigenvalue weighted by Crippen LogP contribution is 2.32. The van der Waals surface area contributed by atoms with Gasteiger partial charge in [0.05, 0.1) is 13.2 Å². The van der Waals surface area contributed by atoms with Crippen molar-refractivity contribution in [3.8, 4) is 0 Å². The van der Waals surface area contributed by atoms with Gasteiger partial charge >= 0.3 is 6.03 Å². The maximum absolute atomic E-state index is 12.7. The van der Waals surface area contributed by atoms with E-state index in [1.807, 2.05) is 4.90 Å². The quantitative estimate of drug-likeness (QED) is 0.740. The zero-order chi connectivity index (χ0) is 14.0. The molecule has 0 N–H and O–H groups in total. The van der Waals surface area contributed by atoms with Gasteiger partial charge in [-0.15, -0.1) is 0 Å². The molecular weight excluding hydrogens is 256 g/mol. The molecule has 0 aromatic rings. The normalized spacial score (nSPS) is 29.9. The van der Waals surface area contributed by atoms with Gasteiger partial charge in [0.25, 0.3) is 0 Å². The maximum atomic E-state index is 12.7. The van der Waals surface area contributed by atoms with E-state index >= 15 is 0 Å².